The summed E-state index contributed by atoms with van der Waals surface area (Å²) < 4.78 is 10.6. The third-order valence-electron chi connectivity index (χ3n) is 2.79. The van der Waals surface area contributed by atoms with Crippen LogP contribution in [0.3, 0.4) is 0 Å². The minimum Gasteiger partial charge on any atom is -0.495 e. The standard InChI is InChI=1S/C13H16N4O2/c1-14-11(9-4-5-15-8-10(9)18-2)12-13(19-3)17-7-6-16-12/h4-8,11,14H,1-3H3. The molecule has 0 aliphatic rings. The zero-order valence-electron chi connectivity index (χ0n) is 11.1. The Morgan fingerprint density at radius 1 is 1.11 bits per heavy atom. The first-order valence-corrected chi connectivity index (χ1v) is 5.81. The van der Waals surface area contributed by atoms with Gasteiger partial charge < -0.3 is 14.8 Å². The Morgan fingerprint density at radius 2 is 1.89 bits per heavy atom. The van der Waals surface area contributed by atoms with Gasteiger partial charge in [0.05, 0.1) is 26.5 Å². The van der Waals surface area contributed by atoms with Gasteiger partial charge in [-0.2, -0.15) is 0 Å². The van der Waals surface area contributed by atoms with E-state index in [0.717, 1.165) is 5.56 Å². The van der Waals surface area contributed by atoms with Crippen molar-refractivity contribution in [3.8, 4) is 11.6 Å². The van der Waals surface area contributed by atoms with Crippen molar-refractivity contribution in [1.29, 1.82) is 0 Å². The Balaban J connectivity index is 2.50. The number of nitrogens with one attached hydrogen (secondary N) is 1. The Morgan fingerprint density at radius 3 is 2.58 bits per heavy atom. The van der Waals surface area contributed by atoms with E-state index in [2.05, 4.69) is 20.3 Å². The minimum atomic E-state index is -0.179. The third-order valence-corrected chi connectivity index (χ3v) is 2.79. The van der Waals surface area contributed by atoms with Gasteiger partial charge in [0.1, 0.15) is 11.4 Å². The first-order chi connectivity index (χ1) is 9.31. The van der Waals surface area contributed by atoms with E-state index in [-0.39, 0.29) is 6.04 Å². The molecule has 0 radical (unpaired) electrons. The zero-order chi connectivity index (χ0) is 13.7. The molecule has 2 rings (SSSR count). The highest BCUT2D eigenvalue weighted by Crippen LogP contribution is 2.31. The summed E-state index contributed by atoms with van der Waals surface area (Å²) in [5, 5.41) is 3.19. The number of hydrogen-bond acceptors (Lipinski definition) is 6. The number of methoxy groups -OCH3 is 2. The van der Waals surface area contributed by atoms with Gasteiger partial charge in [0, 0.05) is 24.2 Å². The summed E-state index contributed by atoms with van der Waals surface area (Å²) >= 11 is 0. The molecular formula is C13H16N4O2. The second-order valence-corrected chi connectivity index (χ2v) is 3.79. The Labute approximate surface area is 111 Å². The molecule has 6 nitrogen and oxygen atoms in total. The van der Waals surface area contributed by atoms with Crippen LogP contribution in [0.2, 0.25) is 0 Å². The summed E-state index contributed by atoms with van der Waals surface area (Å²) in [6.07, 6.45) is 6.61. The predicted molar refractivity (Wildman–Crippen MR) is 70.3 cm³/mol. The summed E-state index contributed by atoms with van der Waals surface area (Å²) in [6, 6.07) is 1.70. The lowest BCUT2D eigenvalue weighted by Gasteiger charge is -2.19. The number of hydrogen-bond donors (Lipinski definition) is 1. The van der Waals surface area contributed by atoms with E-state index in [9.17, 15) is 0 Å². The highest BCUT2D eigenvalue weighted by molar-refractivity contribution is 5.40. The Bertz CT molecular complexity index is 500. The number of rotatable bonds is 5. The van der Waals surface area contributed by atoms with Crippen LogP contribution in [-0.2, 0) is 0 Å². The Hall–Kier alpha value is -2.21. The lowest BCUT2D eigenvalue weighted by Crippen LogP contribution is -2.21. The number of ether oxygens (including phenoxy) is 2. The highest BCUT2D eigenvalue weighted by atomic mass is 16.5. The topological polar surface area (TPSA) is 69.2 Å². The highest BCUT2D eigenvalue weighted by Gasteiger charge is 2.22. The van der Waals surface area contributed by atoms with Crippen LogP contribution in [0, 0.1) is 0 Å². The van der Waals surface area contributed by atoms with Crippen molar-refractivity contribution in [3.05, 3.63) is 42.1 Å². The van der Waals surface area contributed by atoms with Crippen LogP contribution in [0.1, 0.15) is 17.3 Å². The SMILES string of the molecule is CNC(c1ccncc1OC)c1nccnc1OC. The molecule has 100 valence electrons. The molecule has 1 N–H and O–H groups in total. The van der Waals surface area contributed by atoms with Crippen LogP contribution in [0.4, 0.5) is 0 Å². The summed E-state index contributed by atoms with van der Waals surface area (Å²) in [7, 11) is 5.03. The second-order valence-electron chi connectivity index (χ2n) is 3.79. The van der Waals surface area contributed by atoms with Crippen LogP contribution >= 0.6 is 0 Å². The maximum atomic E-state index is 5.33. The van der Waals surface area contributed by atoms with Gasteiger partial charge >= 0.3 is 0 Å². The van der Waals surface area contributed by atoms with E-state index in [4.69, 9.17) is 9.47 Å². The van der Waals surface area contributed by atoms with E-state index in [0.29, 0.717) is 17.3 Å². The minimum absolute atomic E-state index is 0.179. The van der Waals surface area contributed by atoms with Crippen molar-refractivity contribution in [2.45, 2.75) is 6.04 Å². The predicted octanol–water partition coefficient (Wildman–Crippen LogP) is 1.20. The maximum absolute atomic E-state index is 5.33. The maximum Gasteiger partial charge on any atom is 0.237 e. The van der Waals surface area contributed by atoms with Crippen LogP contribution < -0.4 is 14.8 Å². The zero-order valence-corrected chi connectivity index (χ0v) is 11.1. The molecule has 0 saturated heterocycles. The lowest BCUT2D eigenvalue weighted by molar-refractivity contribution is 0.379. The molecule has 1 atom stereocenters. The third kappa shape index (κ3) is 2.63. The van der Waals surface area contributed by atoms with Crippen molar-refractivity contribution >= 4 is 0 Å². The van der Waals surface area contributed by atoms with E-state index in [1.54, 1.807) is 39.0 Å². The smallest absolute Gasteiger partial charge is 0.237 e. The summed E-state index contributed by atoms with van der Waals surface area (Å²) in [4.78, 5) is 12.6. The first-order valence-electron chi connectivity index (χ1n) is 5.81. The quantitative estimate of drug-likeness (QED) is 0.871. The van der Waals surface area contributed by atoms with E-state index in [1.807, 2.05) is 13.1 Å². The van der Waals surface area contributed by atoms with Crippen molar-refractivity contribution in [2.75, 3.05) is 21.3 Å². The molecule has 0 aliphatic heterocycles. The summed E-state index contributed by atoms with van der Waals surface area (Å²) in [5.74, 6) is 1.18. The van der Waals surface area contributed by atoms with Crippen molar-refractivity contribution in [2.24, 2.45) is 0 Å². The number of aromatic nitrogens is 3. The van der Waals surface area contributed by atoms with Gasteiger partial charge in [-0.05, 0) is 13.1 Å². The van der Waals surface area contributed by atoms with E-state index < -0.39 is 0 Å². The van der Waals surface area contributed by atoms with Crippen LogP contribution in [0.25, 0.3) is 0 Å². The van der Waals surface area contributed by atoms with Gasteiger partial charge in [0.15, 0.2) is 0 Å². The van der Waals surface area contributed by atoms with Gasteiger partial charge in [-0.1, -0.05) is 0 Å². The molecule has 0 saturated carbocycles. The molecule has 19 heavy (non-hydrogen) atoms. The summed E-state index contributed by atoms with van der Waals surface area (Å²) in [5.41, 5.74) is 1.64. The normalized spacial score (nSPS) is 11.9. The first kappa shape index (κ1) is 13.2. The van der Waals surface area contributed by atoms with Crippen LogP contribution in [-0.4, -0.2) is 36.2 Å². The molecule has 0 bridgehead atoms. The molecule has 2 aromatic rings. The lowest BCUT2D eigenvalue weighted by atomic mass is 10.0. The fourth-order valence-electron chi connectivity index (χ4n) is 1.93. The van der Waals surface area contributed by atoms with Gasteiger partial charge in [-0.25, -0.2) is 4.98 Å². The second kappa shape index (κ2) is 6.10. The van der Waals surface area contributed by atoms with Gasteiger partial charge in [0.25, 0.3) is 0 Å². The molecule has 0 amide bonds. The molecule has 6 heteroatoms. The summed E-state index contributed by atoms with van der Waals surface area (Å²) in [6.45, 7) is 0. The number of nitrogens with zero attached hydrogens (tertiary/aromatic N) is 3. The van der Waals surface area contributed by atoms with Crippen LogP contribution in [0.5, 0.6) is 11.6 Å². The van der Waals surface area contributed by atoms with Crippen molar-refractivity contribution < 1.29 is 9.47 Å². The molecular weight excluding hydrogens is 244 g/mol. The monoisotopic (exact) mass is 260 g/mol. The van der Waals surface area contributed by atoms with Crippen LogP contribution in [0.15, 0.2) is 30.9 Å². The van der Waals surface area contributed by atoms with Crippen molar-refractivity contribution in [3.63, 3.8) is 0 Å². The van der Waals surface area contributed by atoms with E-state index in [1.165, 1.54) is 0 Å². The molecule has 2 heterocycles. The van der Waals surface area contributed by atoms with Gasteiger partial charge in [-0.3, -0.25) is 9.97 Å². The number of pyridine rings is 1. The molecule has 0 fully saturated rings. The molecule has 0 spiro atoms. The van der Waals surface area contributed by atoms with Crippen molar-refractivity contribution in [1.82, 2.24) is 20.3 Å². The molecule has 0 aromatic carbocycles. The largest absolute Gasteiger partial charge is 0.495 e. The van der Waals surface area contributed by atoms with Gasteiger partial charge in [0.2, 0.25) is 5.88 Å². The fraction of sp³-hybridized carbons (Fsp3) is 0.308. The fourth-order valence-corrected chi connectivity index (χ4v) is 1.93. The molecule has 1 unspecified atom stereocenters. The van der Waals surface area contributed by atoms with E-state index >= 15 is 0 Å². The Kier molecular flexibility index (Phi) is 4.25. The molecule has 2 aromatic heterocycles. The molecule has 0 aliphatic carbocycles. The van der Waals surface area contributed by atoms with Gasteiger partial charge in [-0.15, -0.1) is 0 Å². The average molecular weight is 260 g/mol. The average Bonchev–Trinajstić information content (AvgIpc) is 2.49.